The minimum Gasteiger partial charge on any atom is -0.494 e. The van der Waals surface area contributed by atoms with Gasteiger partial charge in [0.2, 0.25) is 23.7 Å². The smallest absolute Gasteiger partial charge is 0.338 e. The summed E-state index contributed by atoms with van der Waals surface area (Å²) in [6.07, 6.45) is 6.21. The Bertz CT molecular complexity index is 3100. The highest BCUT2D eigenvalue weighted by molar-refractivity contribution is 6.13. The number of carbonyl (C=O) groups excluding carboxylic acids is 7. The fraction of sp³-hybridized carbons (Fsp3) is 0.340. The number of nitrogens with zero attached hydrogens (tertiary/aromatic N) is 10. The number of aromatic nitrogens is 8. The number of allylic oxidation sites excluding steroid dienone is 2. The molecule has 0 atom stereocenters. The summed E-state index contributed by atoms with van der Waals surface area (Å²) in [5, 5.41) is 14.6. The van der Waals surface area contributed by atoms with Crippen molar-refractivity contribution < 1.29 is 47.8 Å². The number of imidazole rings is 2. The maximum Gasteiger partial charge on any atom is 0.338 e. The van der Waals surface area contributed by atoms with Crippen LogP contribution in [0.1, 0.15) is 79.8 Å². The molecule has 0 saturated heterocycles. The van der Waals surface area contributed by atoms with Gasteiger partial charge < -0.3 is 34.0 Å². The second kappa shape index (κ2) is 21.1. The molecule has 366 valence electrons. The van der Waals surface area contributed by atoms with Crippen LogP contribution in [0.4, 0.5) is 11.9 Å². The van der Waals surface area contributed by atoms with E-state index in [1.807, 2.05) is 13.8 Å². The van der Waals surface area contributed by atoms with Gasteiger partial charge in [0.1, 0.15) is 33.9 Å². The average molecular weight is 960 g/mol. The molecule has 7 rings (SSSR count). The molecule has 0 aliphatic carbocycles. The van der Waals surface area contributed by atoms with Crippen LogP contribution < -0.4 is 25.8 Å². The SMILES string of the molecule is CCn1nc(C)cc1C(=O)Nc1nc2cc(C(=O)OC)cc(OC)c2n1C/C=C/Cn1c(NC(=O)c2cc(C)nn2CC)nc2cc(C(N)=O)cc(OCCCN(C)C(=O)CCN3C(=O)C=CC3=O)c21. The van der Waals surface area contributed by atoms with Gasteiger partial charge >= 0.3 is 5.97 Å². The molecular weight excluding hydrogens is 907 g/mol. The summed E-state index contributed by atoms with van der Waals surface area (Å²) in [7, 11) is 4.31. The van der Waals surface area contributed by atoms with E-state index in [0.29, 0.717) is 58.8 Å². The van der Waals surface area contributed by atoms with Crippen LogP contribution in [-0.2, 0) is 45.3 Å². The number of imide groups is 1. The number of ether oxygens (including phenoxy) is 3. The van der Waals surface area contributed by atoms with Gasteiger partial charge in [-0.2, -0.15) is 10.2 Å². The minimum atomic E-state index is -0.747. The van der Waals surface area contributed by atoms with Gasteiger partial charge in [0.05, 0.1) is 48.8 Å². The Labute approximate surface area is 400 Å². The topological polar surface area (TPSA) is 275 Å². The highest BCUT2D eigenvalue weighted by Crippen LogP contribution is 2.33. The Morgan fingerprint density at radius 2 is 1.26 bits per heavy atom. The quantitative estimate of drug-likeness (QED) is 0.0402. The van der Waals surface area contributed by atoms with E-state index < -0.39 is 35.5 Å². The van der Waals surface area contributed by atoms with Crippen molar-refractivity contribution in [2.45, 2.75) is 66.7 Å². The van der Waals surface area contributed by atoms with Gasteiger partial charge in [-0.1, -0.05) is 12.2 Å². The molecule has 23 nitrogen and oxygen atoms in total. The lowest BCUT2D eigenvalue weighted by molar-refractivity contribution is -0.138. The first-order valence-corrected chi connectivity index (χ1v) is 22.3. The van der Waals surface area contributed by atoms with E-state index in [9.17, 15) is 33.6 Å². The zero-order chi connectivity index (χ0) is 50.4. The van der Waals surface area contributed by atoms with E-state index in [0.717, 1.165) is 17.1 Å². The summed E-state index contributed by atoms with van der Waals surface area (Å²) >= 11 is 0. The van der Waals surface area contributed by atoms with Gasteiger partial charge in [-0.15, -0.1) is 0 Å². The second-order valence-corrected chi connectivity index (χ2v) is 16.1. The fourth-order valence-corrected chi connectivity index (χ4v) is 7.94. The molecule has 4 N–H and O–H groups in total. The fourth-order valence-electron chi connectivity index (χ4n) is 7.94. The number of hydrogen-bond donors (Lipinski definition) is 3. The Balaban J connectivity index is 1.21. The molecule has 0 bridgehead atoms. The van der Waals surface area contributed by atoms with Crippen molar-refractivity contribution in [1.29, 1.82) is 0 Å². The van der Waals surface area contributed by atoms with Crippen molar-refractivity contribution in [3.8, 4) is 11.5 Å². The predicted octanol–water partition coefficient (Wildman–Crippen LogP) is 3.63. The van der Waals surface area contributed by atoms with E-state index in [4.69, 9.17) is 29.9 Å². The van der Waals surface area contributed by atoms with Crippen LogP contribution in [0.3, 0.4) is 0 Å². The van der Waals surface area contributed by atoms with Crippen molar-refractivity contribution in [3.05, 3.63) is 94.6 Å². The number of amides is 6. The lowest BCUT2D eigenvalue weighted by Gasteiger charge is -2.19. The molecule has 0 unspecified atom stereocenters. The molecule has 6 amide bonds. The van der Waals surface area contributed by atoms with Crippen molar-refractivity contribution in [2.24, 2.45) is 5.73 Å². The van der Waals surface area contributed by atoms with Crippen LogP contribution in [0.2, 0.25) is 0 Å². The third kappa shape index (κ3) is 10.4. The summed E-state index contributed by atoms with van der Waals surface area (Å²) in [4.78, 5) is 102. The standard InChI is InChI=1S/C47H53N13O10/c1-8-59-33(21-27(3)53-59)43(65)51-46-50-32-24-30(45(67)69-7)26-35(68-6)40(32)57(46)17-10-11-18-58-41-31(49-47(58)52-44(66)34-22-28(4)54-60(34)9-2)23-29(42(48)64)25-36(41)70-20-12-16-55(5)37(61)15-19-56-38(62)13-14-39(56)63/h10-11,13-14,21-26H,8-9,12,15-20H2,1-7H3,(H2,48,64)(H,49,52,66)(H,50,51,65)/b11-10+. The molecule has 5 heterocycles. The summed E-state index contributed by atoms with van der Waals surface area (Å²) in [6.45, 7) is 8.62. The first-order chi connectivity index (χ1) is 33.5. The molecule has 1 aliphatic rings. The van der Waals surface area contributed by atoms with Gasteiger partial charge in [0, 0.05) is 70.5 Å². The third-order valence-corrected chi connectivity index (χ3v) is 11.4. The molecule has 0 saturated carbocycles. The molecule has 70 heavy (non-hydrogen) atoms. The highest BCUT2D eigenvalue weighted by atomic mass is 16.5. The molecule has 23 heteroatoms. The van der Waals surface area contributed by atoms with E-state index in [1.54, 1.807) is 63.7 Å². The second-order valence-electron chi connectivity index (χ2n) is 16.1. The molecular formula is C47H53N13O10. The number of methoxy groups -OCH3 is 2. The highest BCUT2D eigenvalue weighted by Gasteiger charge is 2.26. The number of carbonyl (C=O) groups is 7. The van der Waals surface area contributed by atoms with Gasteiger partial charge in [0.15, 0.2) is 0 Å². The van der Waals surface area contributed by atoms with E-state index in [2.05, 4.69) is 20.8 Å². The maximum atomic E-state index is 13.9. The van der Waals surface area contributed by atoms with Gasteiger partial charge in [-0.25, -0.2) is 14.8 Å². The number of fused-ring (bicyclic) bond motifs is 2. The number of esters is 1. The first kappa shape index (κ1) is 49.3. The number of anilines is 2. The summed E-state index contributed by atoms with van der Waals surface area (Å²) in [6, 6.07) is 9.35. The normalized spacial score (nSPS) is 12.4. The minimum absolute atomic E-state index is 0.0471. The van der Waals surface area contributed by atoms with Gasteiger partial charge in [0.25, 0.3) is 23.6 Å². The number of aryl methyl sites for hydroxylation is 4. The number of nitrogens with one attached hydrogen (secondary N) is 2. The lowest BCUT2D eigenvalue weighted by atomic mass is 10.1. The van der Waals surface area contributed by atoms with Crippen molar-refractivity contribution >= 4 is 75.4 Å². The molecule has 6 aromatic rings. The lowest BCUT2D eigenvalue weighted by Crippen LogP contribution is -2.36. The van der Waals surface area contributed by atoms with Crippen molar-refractivity contribution in [2.75, 3.05) is 51.6 Å². The monoisotopic (exact) mass is 959 g/mol. The molecule has 0 spiro atoms. The van der Waals surface area contributed by atoms with Gasteiger partial charge in [-0.05, 0) is 70.5 Å². The van der Waals surface area contributed by atoms with Crippen LogP contribution in [0.5, 0.6) is 11.5 Å². The van der Waals surface area contributed by atoms with Crippen LogP contribution in [0.25, 0.3) is 22.1 Å². The van der Waals surface area contributed by atoms with Gasteiger partial charge in [-0.3, -0.25) is 53.7 Å². The van der Waals surface area contributed by atoms with E-state index in [1.165, 1.54) is 43.4 Å². The Morgan fingerprint density at radius 3 is 1.76 bits per heavy atom. The number of benzene rings is 2. The molecule has 4 aromatic heterocycles. The summed E-state index contributed by atoms with van der Waals surface area (Å²) in [5.74, 6) is -2.78. The van der Waals surface area contributed by atoms with Crippen LogP contribution in [-0.4, -0.2) is 131 Å². The number of nitrogens with two attached hydrogens (primary N) is 1. The largest absolute Gasteiger partial charge is 0.494 e. The Morgan fingerprint density at radius 1 is 0.743 bits per heavy atom. The molecule has 1 aliphatic heterocycles. The van der Waals surface area contributed by atoms with Crippen LogP contribution >= 0.6 is 0 Å². The molecule has 2 aromatic carbocycles. The average Bonchev–Trinajstić information content (AvgIpc) is 4.16. The molecule has 0 fully saturated rings. The third-order valence-electron chi connectivity index (χ3n) is 11.4. The predicted molar refractivity (Wildman–Crippen MR) is 254 cm³/mol. The Hall–Kier alpha value is -8.63. The van der Waals surface area contributed by atoms with E-state index in [-0.39, 0.29) is 85.2 Å². The summed E-state index contributed by atoms with van der Waals surface area (Å²) in [5.41, 5.74) is 9.44. The number of hydrogen-bond acceptors (Lipinski definition) is 14. The maximum absolute atomic E-state index is 13.9. The van der Waals surface area contributed by atoms with E-state index >= 15 is 0 Å². The van der Waals surface area contributed by atoms with Crippen LogP contribution in [0.15, 0.2) is 60.7 Å². The zero-order valence-corrected chi connectivity index (χ0v) is 39.8. The summed E-state index contributed by atoms with van der Waals surface area (Å²) < 4.78 is 23.6. The first-order valence-electron chi connectivity index (χ1n) is 22.3. The zero-order valence-electron chi connectivity index (χ0n) is 39.8. The molecule has 0 radical (unpaired) electrons. The van der Waals surface area contributed by atoms with Crippen LogP contribution in [0, 0.1) is 13.8 Å². The number of primary amides is 1. The Kier molecular flexibility index (Phi) is 14.9. The van der Waals surface area contributed by atoms with Crippen molar-refractivity contribution in [1.82, 2.24) is 48.5 Å². The van der Waals surface area contributed by atoms with Crippen molar-refractivity contribution in [3.63, 3.8) is 0 Å². The number of rotatable bonds is 21.